The Hall–Kier alpha value is -2.04. The van der Waals surface area contributed by atoms with Crippen molar-refractivity contribution in [2.75, 3.05) is 12.4 Å². The minimum Gasteiger partial charge on any atom is -0.478 e. The maximum Gasteiger partial charge on any atom is 0.411 e. The molecule has 0 aliphatic carbocycles. The van der Waals surface area contributed by atoms with Crippen LogP contribution in [0.15, 0.2) is 18.2 Å². The van der Waals surface area contributed by atoms with E-state index < -0.39 is 12.1 Å². The van der Waals surface area contributed by atoms with Gasteiger partial charge >= 0.3 is 12.1 Å². The van der Waals surface area contributed by atoms with Crippen molar-refractivity contribution in [1.29, 1.82) is 0 Å². The van der Waals surface area contributed by atoms with Crippen LogP contribution in [0.5, 0.6) is 0 Å². The number of anilines is 1. The van der Waals surface area contributed by atoms with Gasteiger partial charge in [0.15, 0.2) is 0 Å². The van der Waals surface area contributed by atoms with E-state index in [9.17, 15) is 14.7 Å². The summed E-state index contributed by atoms with van der Waals surface area (Å²) in [4.78, 5) is 22.6. The molecule has 1 rings (SSSR count). The van der Waals surface area contributed by atoms with Crippen molar-refractivity contribution >= 4 is 17.7 Å². The molecule has 0 spiro atoms. The molecule has 1 aromatic rings. The maximum absolute atomic E-state index is 11.4. The summed E-state index contributed by atoms with van der Waals surface area (Å²) >= 11 is 0. The van der Waals surface area contributed by atoms with Gasteiger partial charge in [0.05, 0.1) is 18.4 Å². The first kappa shape index (κ1) is 16.0. The molecule has 0 saturated carbocycles. The number of benzene rings is 1. The molecule has 0 aromatic heterocycles. The number of ether oxygens (including phenoxy) is 1. The number of aryl methyl sites for hydroxylation is 1. The van der Waals surface area contributed by atoms with E-state index in [-0.39, 0.29) is 11.3 Å². The zero-order chi connectivity index (χ0) is 15.0. The molecular weight excluding hydrogens is 258 g/mol. The van der Waals surface area contributed by atoms with E-state index in [1.807, 2.05) is 0 Å². The van der Waals surface area contributed by atoms with Crippen LogP contribution in [0.1, 0.15) is 48.5 Å². The number of carbonyl (C=O) groups excluding carboxylic acids is 1. The Morgan fingerprint density at radius 1 is 1.25 bits per heavy atom. The number of nitrogens with one attached hydrogen (secondary N) is 1. The molecule has 110 valence electrons. The second-order valence-corrected chi connectivity index (χ2v) is 4.57. The predicted molar refractivity (Wildman–Crippen MR) is 77.3 cm³/mol. The maximum atomic E-state index is 11.4. The summed E-state index contributed by atoms with van der Waals surface area (Å²) in [5, 5.41) is 11.8. The Kier molecular flexibility index (Phi) is 6.56. The summed E-state index contributed by atoms with van der Waals surface area (Å²) in [6, 6.07) is 5.10. The fraction of sp³-hybridized carbons (Fsp3) is 0.467. The third-order valence-electron chi connectivity index (χ3n) is 3.09. The normalized spacial score (nSPS) is 10.1. The smallest absolute Gasteiger partial charge is 0.411 e. The van der Waals surface area contributed by atoms with Crippen molar-refractivity contribution in [3.63, 3.8) is 0 Å². The number of carboxylic acids is 1. The Bertz CT molecular complexity index is 471. The second kappa shape index (κ2) is 8.19. The van der Waals surface area contributed by atoms with Gasteiger partial charge < -0.3 is 9.84 Å². The quantitative estimate of drug-likeness (QED) is 0.746. The molecule has 1 amide bonds. The lowest BCUT2D eigenvalue weighted by Crippen LogP contribution is -2.15. The molecule has 0 heterocycles. The standard InChI is InChI=1S/C15H21NO4/c1-3-4-5-6-8-11-9-7-10-12(13(11)14(17)18)16-15(19)20-2/h7,9-10H,3-6,8H2,1-2H3,(H,16,19)(H,17,18). The van der Waals surface area contributed by atoms with Gasteiger partial charge in [-0.15, -0.1) is 0 Å². The third-order valence-corrected chi connectivity index (χ3v) is 3.09. The Morgan fingerprint density at radius 3 is 2.60 bits per heavy atom. The number of unbranched alkanes of at least 4 members (excludes halogenated alkanes) is 3. The first-order chi connectivity index (χ1) is 9.60. The predicted octanol–water partition coefficient (Wildman–Crippen LogP) is 3.69. The van der Waals surface area contributed by atoms with Crippen LogP contribution in [0.2, 0.25) is 0 Å². The first-order valence-corrected chi connectivity index (χ1v) is 6.80. The molecule has 0 aliphatic rings. The van der Waals surface area contributed by atoms with Crippen LogP contribution in [0.4, 0.5) is 10.5 Å². The van der Waals surface area contributed by atoms with Crippen LogP contribution in [-0.2, 0) is 11.2 Å². The van der Waals surface area contributed by atoms with Crippen LogP contribution in [0.25, 0.3) is 0 Å². The molecule has 5 heteroatoms. The van der Waals surface area contributed by atoms with Crippen LogP contribution in [0.3, 0.4) is 0 Å². The van der Waals surface area contributed by atoms with Crippen LogP contribution < -0.4 is 5.32 Å². The van der Waals surface area contributed by atoms with Crippen molar-refractivity contribution < 1.29 is 19.4 Å². The monoisotopic (exact) mass is 279 g/mol. The van der Waals surface area contributed by atoms with Crippen LogP contribution in [-0.4, -0.2) is 24.3 Å². The fourth-order valence-electron chi connectivity index (χ4n) is 2.07. The van der Waals surface area contributed by atoms with Crippen molar-refractivity contribution in [3.05, 3.63) is 29.3 Å². The topological polar surface area (TPSA) is 75.6 Å². The number of carboxylic acid groups (broad SMARTS) is 1. The molecule has 1 aromatic carbocycles. The van der Waals surface area contributed by atoms with Gasteiger partial charge in [0.2, 0.25) is 0 Å². The molecular formula is C15H21NO4. The van der Waals surface area contributed by atoms with E-state index in [1.165, 1.54) is 7.11 Å². The Morgan fingerprint density at radius 2 is 2.00 bits per heavy atom. The highest BCUT2D eigenvalue weighted by Gasteiger charge is 2.16. The van der Waals surface area contributed by atoms with Crippen molar-refractivity contribution in [3.8, 4) is 0 Å². The molecule has 0 radical (unpaired) electrons. The van der Waals surface area contributed by atoms with Crippen LogP contribution >= 0.6 is 0 Å². The van der Waals surface area contributed by atoms with E-state index in [0.29, 0.717) is 6.42 Å². The zero-order valence-corrected chi connectivity index (χ0v) is 11.9. The highest BCUT2D eigenvalue weighted by molar-refractivity contribution is 6.00. The minimum absolute atomic E-state index is 0.148. The average molecular weight is 279 g/mol. The Balaban J connectivity index is 2.90. The molecule has 20 heavy (non-hydrogen) atoms. The lowest BCUT2D eigenvalue weighted by Gasteiger charge is -2.12. The average Bonchev–Trinajstić information content (AvgIpc) is 2.43. The zero-order valence-electron chi connectivity index (χ0n) is 11.9. The number of carbonyl (C=O) groups is 2. The molecule has 0 bridgehead atoms. The number of methoxy groups -OCH3 is 1. The van der Waals surface area contributed by atoms with E-state index in [0.717, 1.165) is 31.2 Å². The first-order valence-electron chi connectivity index (χ1n) is 6.80. The van der Waals surface area contributed by atoms with Gasteiger partial charge in [-0.1, -0.05) is 38.3 Å². The SMILES string of the molecule is CCCCCCc1cccc(NC(=O)OC)c1C(=O)O. The van der Waals surface area contributed by atoms with Crippen molar-refractivity contribution in [1.82, 2.24) is 0 Å². The van der Waals surface area contributed by atoms with Gasteiger partial charge in [-0.2, -0.15) is 0 Å². The number of aromatic carboxylic acids is 1. The molecule has 0 atom stereocenters. The number of rotatable bonds is 7. The van der Waals surface area contributed by atoms with Gasteiger partial charge in [-0.3, -0.25) is 5.32 Å². The van der Waals surface area contributed by atoms with E-state index in [2.05, 4.69) is 17.0 Å². The summed E-state index contributed by atoms with van der Waals surface area (Å²) in [7, 11) is 1.24. The van der Waals surface area contributed by atoms with E-state index >= 15 is 0 Å². The molecule has 5 nitrogen and oxygen atoms in total. The molecule has 0 unspecified atom stereocenters. The van der Waals surface area contributed by atoms with Gasteiger partial charge in [0.1, 0.15) is 0 Å². The van der Waals surface area contributed by atoms with Crippen LogP contribution in [0, 0.1) is 0 Å². The summed E-state index contributed by atoms with van der Waals surface area (Å²) in [5.74, 6) is -1.04. The van der Waals surface area contributed by atoms with Gasteiger partial charge in [0, 0.05) is 0 Å². The molecule has 0 saturated heterocycles. The number of amides is 1. The van der Waals surface area contributed by atoms with E-state index in [1.54, 1.807) is 18.2 Å². The molecule has 0 aliphatic heterocycles. The number of hydrogen-bond acceptors (Lipinski definition) is 3. The summed E-state index contributed by atoms with van der Waals surface area (Å²) in [6.45, 7) is 2.13. The van der Waals surface area contributed by atoms with E-state index in [4.69, 9.17) is 0 Å². The van der Waals surface area contributed by atoms with Gasteiger partial charge in [-0.25, -0.2) is 9.59 Å². The number of hydrogen-bond donors (Lipinski definition) is 2. The largest absolute Gasteiger partial charge is 0.478 e. The molecule has 2 N–H and O–H groups in total. The summed E-state index contributed by atoms with van der Waals surface area (Å²) in [6.07, 6.45) is 4.31. The molecule has 0 fully saturated rings. The van der Waals surface area contributed by atoms with Crippen molar-refractivity contribution in [2.45, 2.75) is 39.0 Å². The lowest BCUT2D eigenvalue weighted by molar-refractivity contribution is 0.0697. The second-order valence-electron chi connectivity index (χ2n) is 4.57. The summed E-state index contributed by atoms with van der Waals surface area (Å²) in [5.41, 5.74) is 1.16. The summed E-state index contributed by atoms with van der Waals surface area (Å²) < 4.78 is 4.50. The fourth-order valence-corrected chi connectivity index (χ4v) is 2.07. The van der Waals surface area contributed by atoms with Gasteiger partial charge in [-0.05, 0) is 24.5 Å². The Labute approximate surface area is 118 Å². The highest BCUT2D eigenvalue weighted by Crippen LogP contribution is 2.22. The minimum atomic E-state index is -1.04. The van der Waals surface area contributed by atoms with Gasteiger partial charge in [0.25, 0.3) is 0 Å². The lowest BCUT2D eigenvalue weighted by atomic mass is 9.99. The third kappa shape index (κ3) is 4.57. The highest BCUT2D eigenvalue weighted by atomic mass is 16.5. The van der Waals surface area contributed by atoms with Crippen molar-refractivity contribution in [2.24, 2.45) is 0 Å².